The summed E-state index contributed by atoms with van der Waals surface area (Å²) in [6, 6.07) is 11.2. The fourth-order valence-electron chi connectivity index (χ4n) is 2.56. The van der Waals surface area contributed by atoms with E-state index in [9.17, 15) is 0 Å². The Morgan fingerprint density at radius 2 is 1.93 bits per heavy atom. The van der Waals surface area contributed by atoms with Crippen molar-refractivity contribution in [2.45, 2.75) is 24.4 Å². The molecule has 3 heterocycles. The summed E-state index contributed by atoms with van der Waals surface area (Å²) in [6.45, 7) is 2.76. The number of methoxy groups -OCH3 is 1. The summed E-state index contributed by atoms with van der Waals surface area (Å²) in [4.78, 5) is 0. The van der Waals surface area contributed by atoms with Gasteiger partial charge in [-0.15, -0.1) is 20.4 Å². The molecule has 0 radical (unpaired) electrons. The van der Waals surface area contributed by atoms with Crippen molar-refractivity contribution >= 4 is 11.8 Å². The van der Waals surface area contributed by atoms with Gasteiger partial charge in [0.15, 0.2) is 16.7 Å². The molecule has 4 rings (SSSR count). The lowest BCUT2D eigenvalue weighted by atomic mass is 10.2. The fourth-order valence-corrected chi connectivity index (χ4v) is 3.40. The Morgan fingerprint density at radius 1 is 1.07 bits per heavy atom. The van der Waals surface area contributed by atoms with Crippen molar-refractivity contribution in [1.29, 1.82) is 0 Å². The average molecular weight is 383 g/mol. The van der Waals surface area contributed by atoms with Gasteiger partial charge in [0.2, 0.25) is 11.8 Å². The highest BCUT2D eigenvalue weighted by atomic mass is 32.2. The van der Waals surface area contributed by atoms with Crippen LogP contribution in [0.4, 0.5) is 0 Å². The largest absolute Gasteiger partial charge is 0.497 e. The molecule has 8 nitrogen and oxygen atoms in total. The van der Waals surface area contributed by atoms with Crippen molar-refractivity contribution < 1.29 is 13.6 Å². The van der Waals surface area contributed by atoms with E-state index < -0.39 is 0 Å². The van der Waals surface area contributed by atoms with Gasteiger partial charge in [0, 0.05) is 12.1 Å². The Hall–Kier alpha value is -3.07. The van der Waals surface area contributed by atoms with Crippen LogP contribution >= 0.6 is 11.8 Å². The standard InChI is InChI=1S/C18H17N5O3S/c1-3-23-16(14-5-4-10-25-14)20-22-18(23)27-11-15-19-21-17(26-15)12-6-8-13(24-2)9-7-12/h4-10H,3,11H2,1-2H3. The number of nitrogens with zero attached hydrogens (tertiary/aromatic N) is 5. The molecule has 1 aromatic carbocycles. The van der Waals surface area contributed by atoms with Crippen LogP contribution in [0.5, 0.6) is 5.75 Å². The van der Waals surface area contributed by atoms with E-state index in [1.54, 1.807) is 13.4 Å². The van der Waals surface area contributed by atoms with Crippen molar-refractivity contribution in [2.24, 2.45) is 0 Å². The highest BCUT2D eigenvalue weighted by Crippen LogP contribution is 2.27. The second-order valence-corrected chi connectivity index (χ2v) is 6.49. The zero-order valence-corrected chi connectivity index (χ0v) is 15.6. The zero-order chi connectivity index (χ0) is 18.6. The van der Waals surface area contributed by atoms with Crippen molar-refractivity contribution in [1.82, 2.24) is 25.0 Å². The molecule has 0 aliphatic heterocycles. The molecular weight excluding hydrogens is 366 g/mol. The minimum Gasteiger partial charge on any atom is -0.497 e. The normalized spacial score (nSPS) is 11.0. The third kappa shape index (κ3) is 3.59. The molecule has 3 aromatic heterocycles. The average Bonchev–Trinajstić information content (AvgIpc) is 3.46. The molecule has 0 amide bonds. The number of rotatable bonds is 7. The molecule has 0 atom stereocenters. The van der Waals surface area contributed by atoms with E-state index in [1.165, 1.54) is 11.8 Å². The summed E-state index contributed by atoms with van der Waals surface area (Å²) < 4.78 is 18.3. The smallest absolute Gasteiger partial charge is 0.247 e. The Balaban J connectivity index is 1.47. The number of hydrogen-bond acceptors (Lipinski definition) is 8. The first-order valence-corrected chi connectivity index (χ1v) is 9.33. The van der Waals surface area contributed by atoms with Crippen molar-refractivity contribution in [3.63, 3.8) is 0 Å². The van der Waals surface area contributed by atoms with E-state index in [0.717, 1.165) is 23.0 Å². The summed E-state index contributed by atoms with van der Waals surface area (Å²) in [7, 11) is 1.63. The fraction of sp³-hybridized carbons (Fsp3) is 0.222. The molecule has 0 fully saturated rings. The van der Waals surface area contributed by atoms with Crippen LogP contribution in [0.25, 0.3) is 23.0 Å². The zero-order valence-electron chi connectivity index (χ0n) is 14.8. The van der Waals surface area contributed by atoms with Crippen LogP contribution in [0.15, 0.2) is 56.7 Å². The molecule has 0 bridgehead atoms. The summed E-state index contributed by atoms with van der Waals surface area (Å²) in [6.07, 6.45) is 1.62. The van der Waals surface area contributed by atoms with Gasteiger partial charge in [0.25, 0.3) is 0 Å². The molecule has 0 N–H and O–H groups in total. The first-order valence-electron chi connectivity index (χ1n) is 8.35. The monoisotopic (exact) mass is 383 g/mol. The third-order valence-electron chi connectivity index (χ3n) is 3.90. The Kier molecular flexibility index (Phi) is 4.93. The van der Waals surface area contributed by atoms with E-state index in [0.29, 0.717) is 29.1 Å². The van der Waals surface area contributed by atoms with Crippen LogP contribution in [0.3, 0.4) is 0 Å². The number of ether oxygens (including phenoxy) is 1. The SMILES string of the molecule is CCn1c(SCc2nnc(-c3ccc(OC)cc3)o2)nnc1-c1ccco1. The van der Waals surface area contributed by atoms with E-state index >= 15 is 0 Å². The van der Waals surface area contributed by atoms with Gasteiger partial charge < -0.3 is 13.6 Å². The van der Waals surface area contributed by atoms with Crippen molar-refractivity contribution in [2.75, 3.05) is 7.11 Å². The van der Waals surface area contributed by atoms with Crippen LogP contribution in [0.1, 0.15) is 12.8 Å². The molecular formula is C18H17N5O3S. The first kappa shape index (κ1) is 17.3. The number of furan rings is 1. The second-order valence-electron chi connectivity index (χ2n) is 5.55. The highest BCUT2D eigenvalue weighted by molar-refractivity contribution is 7.98. The van der Waals surface area contributed by atoms with Gasteiger partial charge in [0.05, 0.1) is 19.1 Å². The molecule has 0 saturated carbocycles. The van der Waals surface area contributed by atoms with E-state index in [2.05, 4.69) is 20.4 Å². The maximum Gasteiger partial charge on any atom is 0.247 e. The predicted octanol–water partition coefficient (Wildman–Crippen LogP) is 3.91. The number of hydrogen-bond donors (Lipinski definition) is 0. The Morgan fingerprint density at radius 3 is 2.63 bits per heavy atom. The van der Waals surface area contributed by atoms with Gasteiger partial charge in [-0.3, -0.25) is 4.57 Å². The second kappa shape index (κ2) is 7.67. The molecule has 4 aromatic rings. The van der Waals surface area contributed by atoms with Gasteiger partial charge in [-0.2, -0.15) is 0 Å². The maximum atomic E-state index is 5.76. The molecule has 0 aliphatic carbocycles. The molecule has 0 unspecified atom stereocenters. The number of benzene rings is 1. The van der Waals surface area contributed by atoms with Gasteiger partial charge in [0.1, 0.15) is 5.75 Å². The summed E-state index contributed by atoms with van der Waals surface area (Å²) >= 11 is 1.49. The van der Waals surface area contributed by atoms with Crippen LogP contribution < -0.4 is 4.74 Å². The molecule has 9 heteroatoms. The van der Waals surface area contributed by atoms with Gasteiger partial charge in [-0.25, -0.2) is 0 Å². The molecule has 27 heavy (non-hydrogen) atoms. The summed E-state index contributed by atoms with van der Waals surface area (Å²) in [5.74, 6) is 3.67. The quantitative estimate of drug-likeness (QED) is 0.444. The number of aromatic nitrogens is 5. The van der Waals surface area contributed by atoms with E-state index in [-0.39, 0.29) is 0 Å². The molecule has 138 valence electrons. The van der Waals surface area contributed by atoms with Crippen molar-refractivity contribution in [3.05, 3.63) is 48.6 Å². The lowest BCUT2D eigenvalue weighted by Gasteiger charge is -2.04. The first-order chi connectivity index (χ1) is 13.3. The Bertz CT molecular complexity index is 1010. The molecule has 0 saturated heterocycles. The maximum absolute atomic E-state index is 5.76. The van der Waals surface area contributed by atoms with Crippen LogP contribution in [-0.4, -0.2) is 32.1 Å². The predicted molar refractivity (Wildman–Crippen MR) is 99.2 cm³/mol. The minimum atomic E-state index is 0.474. The van der Waals surface area contributed by atoms with Crippen molar-refractivity contribution in [3.8, 4) is 28.8 Å². The summed E-state index contributed by atoms with van der Waals surface area (Å²) in [5, 5.41) is 17.5. The van der Waals surface area contributed by atoms with Crippen LogP contribution in [0.2, 0.25) is 0 Å². The lowest BCUT2D eigenvalue weighted by Crippen LogP contribution is -1.99. The van der Waals surface area contributed by atoms with E-state index in [4.69, 9.17) is 13.6 Å². The minimum absolute atomic E-state index is 0.474. The highest BCUT2D eigenvalue weighted by Gasteiger charge is 2.16. The topological polar surface area (TPSA) is 92.0 Å². The van der Waals surface area contributed by atoms with Crippen LogP contribution in [-0.2, 0) is 12.3 Å². The lowest BCUT2D eigenvalue weighted by molar-refractivity contribution is 0.415. The van der Waals surface area contributed by atoms with E-state index in [1.807, 2.05) is 47.9 Å². The van der Waals surface area contributed by atoms with Gasteiger partial charge in [-0.05, 0) is 43.3 Å². The third-order valence-corrected chi connectivity index (χ3v) is 4.85. The molecule has 0 spiro atoms. The summed E-state index contributed by atoms with van der Waals surface area (Å²) in [5.41, 5.74) is 0.844. The number of thioether (sulfide) groups is 1. The van der Waals surface area contributed by atoms with Crippen LogP contribution in [0, 0.1) is 0 Å². The van der Waals surface area contributed by atoms with Gasteiger partial charge in [-0.1, -0.05) is 11.8 Å². The van der Waals surface area contributed by atoms with Gasteiger partial charge >= 0.3 is 0 Å². The molecule has 0 aliphatic rings. The Labute approximate surface area is 159 Å².